The number of hydrogen-bond donors (Lipinski definition) is 2. The van der Waals surface area contributed by atoms with Gasteiger partial charge < -0.3 is 15.0 Å². The highest BCUT2D eigenvalue weighted by Crippen LogP contribution is 2.20. The van der Waals surface area contributed by atoms with E-state index in [-0.39, 0.29) is 5.91 Å². The van der Waals surface area contributed by atoms with Crippen molar-refractivity contribution in [1.29, 1.82) is 0 Å². The Labute approximate surface area is 147 Å². The van der Waals surface area contributed by atoms with Crippen LogP contribution in [-0.2, 0) is 20.8 Å². The van der Waals surface area contributed by atoms with Gasteiger partial charge >= 0.3 is 6.09 Å². The fraction of sp³-hybridized carbons (Fsp3) is 0.444. The van der Waals surface area contributed by atoms with Crippen LogP contribution >= 0.6 is 0 Å². The molecule has 0 aliphatic carbocycles. The molecule has 0 radical (unpaired) electrons. The van der Waals surface area contributed by atoms with Crippen molar-refractivity contribution in [3.8, 4) is 0 Å². The van der Waals surface area contributed by atoms with Crippen molar-refractivity contribution in [2.24, 2.45) is 0 Å². The second-order valence-electron chi connectivity index (χ2n) is 6.78. The average molecular weight is 347 g/mol. The molecule has 0 bridgehead atoms. The van der Waals surface area contributed by atoms with Gasteiger partial charge in [0.25, 0.3) is 5.91 Å². The van der Waals surface area contributed by atoms with E-state index in [2.05, 4.69) is 10.3 Å². The van der Waals surface area contributed by atoms with Crippen LogP contribution in [0, 0.1) is 0 Å². The molecule has 2 N–H and O–H groups in total. The van der Waals surface area contributed by atoms with E-state index < -0.39 is 17.7 Å². The Morgan fingerprint density at radius 3 is 2.60 bits per heavy atom. The van der Waals surface area contributed by atoms with E-state index in [1.54, 1.807) is 20.8 Å². The number of aromatic nitrogens is 1. The van der Waals surface area contributed by atoms with Gasteiger partial charge in [-0.15, -0.1) is 0 Å². The van der Waals surface area contributed by atoms with Crippen molar-refractivity contribution < 1.29 is 19.2 Å². The Balaban J connectivity index is 2.22. The Kier molecular flexibility index (Phi) is 5.69. The lowest BCUT2D eigenvalue weighted by Crippen LogP contribution is -2.49. The summed E-state index contributed by atoms with van der Waals surface area (Å²) in [4.78, 5) is 32.8. The number of benzene rings is 1. The fourth-order valence-corrected chi connectivity index (χ4v) is 2.48. The smallest absolute Gasteiger partial charge is 0.408 e. The van der Waals surface area contributed by atoms with Crippen LogP contribution in [0.1, 0.15) is 26.3 Å². The molecular formula is C18H25N3O4. The molecule has 0 aliphatic rings. The summed E-state index contributed by atoms with van der Waals surface area (Å²) >= 11 is 0. The summed E-state index contributed by atoms with van der Waals surface area (Å²) in [5, 5.41) is 4.75. The highest BCUT2D eigenvalue weighted by Gasteiger charge is 2.28. The molecule has 136 valence electrons. The summed E-state index contributed by atoms with van der Waals surface area (Å²) in [5.74, 6) is -0.362. The Bertz CT molecular complexity index is 748. The molecule has 1 unspecified atom stereocenters. The minimum atomic E-state index is -0.806. The standard InChI is InChI=1S/C18H25N3O4/c1-18(2,3)25-17(23)20-15(16(22)21(4)24-5)10-12-11-19-14-9-7-6-8-13(12)14/h6-9,11,15,19H,10H2,1-5H3,(H,20,23). The van der Waals surface area contributed by atoms with Gasteiger partial charge in [-0.2, -0.15) is 0 Å². The number of H-pyrrole nitrogens is 1. The number of likely N-dealkylation sites (N-methyl/N-ethyl adjacent to an activating group) is 1. The van der Waals surface area contributed by atoms with Crippen molar-refractivity contribution >= 4 is 22.9 Å². The third-order valence-corrected chi connectivity index (χ3v) is 3.67. The summed E-state index contributed by atoms with van der Waals surface area (Å²) in [6.45, 7) is 5.30. The van der Waals surface area contributed by atoms with Crippen LogP contribution in [0.2, 0.25) is 0 Å². The third kappa shape index (κ3) is 4.96. The first-order valence-electron chi connectivity index (χ1n) is 8.07. The largest absolute Gasteiger partial charge is 0.444 e. The lowest BCUT2D eigenvalue weighted by molar-refractivity contribution is -0.171. The predicted octanol–water partition coefficient (Wildman–Crippen LogP) is 2.62. The Morgan fingerprint density at radius 2 is 1.96 bits per heavy atom. The van der Waals surface area contributed by atoms with Crippen molar-refractivity contribution in [3.63, 3.8) is 0 Å². The molecule has 2 rings (SSSR count). The van der Waals surface area contributed by atoms with E-state index >= 15 is 0 Å². The molecule has 0 aliphatic heterocycles. The number of nitrogens with one attached hydrogen (secondary N) is 2. The summed E-state index contributed by atoms with van der Waals surface area (Å²) in [6, 6.07) is 6.98. The SMILES string of the molecule is CON(C)C(=O)C(Cc1c[nH]c2ccccc12)NC(=O)OC(C)(C)C. The first kappa shape index (κ1) is 18.8. The first-order chi connectivity index (χ1) is 11.7. The molecule has 1 aromatic heterocycles. The summed E-state index contributed by atoms with van der Waals surface area (Å²) in [7, 11) is 2.90. The molecule has 0 fully saturated rings. The zero-order valence-electron chi connectivity index (χ0n) is 15.3. The van der Waals surface area contributed by atoms with Gasteiger partial charge in [-0.3, -0.25) is 9.63 Å². The molecule has 0 spiro atoms. The Morgan fingerprint density at radius 1 is 1.28 bits per heavy atom. The van der Waals surface area contributed by atoms with Crippen molar-refractivity contribution in [1.82, 2.24) is 15.4 Å². The number of rotatable bonds is 5. The highest BCUT2D eigenvalue weighted by molar-refractivity contribution is 5.87. The van der Waals surface area contributed by atoms with Crippen molar-refractivity contribution in [2.75, 3.05) is 14.2 Å². The van der Waals surface area contributed by atoms with Crippen LogP contribution in [0.5, 0.6) is 0 Å². The molecule has 25 heavy (non-hydrogen) atoms. The first-order valence-corrected chi connectivity index (χ1v) is 8.07. The molecule has 1 aromatic carbocycles. The maximum atomic E-state index is 12.6. The van der Waals surface area contributed by atoms with Gasteiger partial charge in [0.2, 0.25) is 0 Å². The number of fused-ring (bicyclic) bond motifs is 1. The van der Waals surface area contributed by atoms with E-state index in [0.29, 0.717) is 6.42 Å². The van der Waals surface area contributed by atoms with E-state index in [9.17, 15) is 9.59 Å². The Hall–Kier alpha value is -2.54. The van der Waals surface area contributed by atoms with Crippen LogP contribution in [0.15, 0.2) is 30.5 Å². The number of amides is 2. The lowest BCUT2D eigenvalue weighted by Gasteiger charge is -2.25. The predicted molar refractivity (Wildman–Crippen MR) is 94.9 cm³/mol. The number of hydroxylamine groups is 2. The topological polar surface area (TPSA) is 83.7 Å². The zero-order valence-corrected chi connectivity index (χ0v) is 15.3. The van der Waals surface area contributed by atoms with Gasteiger partial charge in [-0.1, -0.05) is 18.2 Å². The highest BCUT2D eigenvalue weighted by atomic mass is 16.7. The molecular weight excluding hydrogens is 322 g/mol. The van der Waals surface area contributed by atoms with Gasteiger partial charge in [-0.05, 0) is 32.4 Å². The molecule has 0 saturated heterocycles. The minimum Gasteiger partial charge on any atom is -0.444 e. The molecule has 1 heterocycles. The van der Waals surface area contributed by atoms with Crippen LogP contribution in [0.25, 0.3) is 10.9 Å². The molecule has 7 nitrogen and oxygen atoms in total. The second kappa shape index (κ2) is 7.57. The lowest BCUT2D eigenvalue weighted by atomic mass is 10.0. The van der Waals surface area contributed by atoms with E-state index in [1.807, 2.05) is 30.5 Å². The van der Waals surface area contributed by atoms with Gasteiger partial charge in [0, 0.05) is 30.6 Å². The molecule has 7 heteroatoms. The zero-order chi connectivity index (χ0) is 18.6. The number of carbonyl (C=O) groups excluding carboxylic acids is 2. The summed E-state index contributed by atoms with van der Waals surface area (Å²) < 4.78 is 5.27. The maximum absolute atomic E-state index is 12.6. The van der Waals surface area contributed by atoms with Crippen LogP contribution in [-0.4, -0.2) is 47.8 Å². The monoisotopic (exact) mass is 347 g/mol. The van der Waals surface area contributed by atoms with Crippen molar-refractivity contribution in [2.45, 2.75) is 38.8 Å². The van der Waals surface area contributed by atoms with E-state index in [0.717, 1.165) is 21.5 Å². The van der Waals surface area contributed by atoms with Crippen LogP contribution in [0.4, 0.5) is 4.79 Å². The molecule has 2 amide bonds. The van der Waals surface area contributed by atoms with Gasteiger partial charge in [0.1, 0.15) is 11.6 Å². The van der Waals surface area contributed by atoms with E-state index in [4.69, 9.17) is 9.57 Å². The number of para-hydroxylation sites is 1. The van der Waals surface area contributed by atoms with Crippen LogP contribution < -0.4 is 5.32 Å². The number of aromatic amines is 1. The summed E-state index contributed by atoms with van der Waals surface area (Å²) in [5.41, 5.74) is 1.25. The molecule has 0 saturated carbocycles. The molecule has 1 atom stereocenters. The van der Waals surface area contributed by atoms with Gasteiger partial charge in [0.15, 0.2) is 0 Å². The normalized spacial score (nSPS) is 12.7. The maximum Gasteiger partial charge on any atom is 0.408 e. The van der Waals surface area contributed by atoms with Crippen LogP contribution in [0.3, 0.4) is 0 Å². The second-order valence-corrected chi connectivity index (χ2v) is 6.78. The number of alkyl carbamates (subject to hydrolysis) is 1. The quantitative estimate of drug-likeness (QED) is 0.815. The van der Waals surface area contributed by atoms with E-state index in [1.165, 1.54) is 14.2 Å². The number of nitrogens with zero attached hydrogens (tertiary/aromatic N) is 1. The number of hydrogen-bond acceptors (Lipinski definition) is 4. The average Bonchev–Trinajstić information content (AvgIpc) is 2.94. The molecule has 2 aromatic rings. The van der Waals surface area contributed by atoms with Gasteiger partial charge in [-0.25, -0.2) is 9.86 Å². The van der Waals surface area contributed by atoms with Gasteiger partial charge in [0.05, 0.1) is 7.11 Å². The number of carbonyl (C=O) groups is 2. The van der Waals surface area contributed by atoms with Crippen molar-refractivity contribution in [3.05, 3.63) is 36.0 Å². The third-order valence-electron chi connectivity index (χ3n) is 3.67. The summed E-state index contributed by atoms with van der Waals surface area (Å²) in [6.07, 6.45) is 1.51. The fourth-order valence-electron chi connectivity index (χ4n) is 2.48. The number of ether oxygens (including phenoxy) is 1. The minimum absolute atomic E-state index is 0.315.